The minimum Gasteiger partial charge on any atom is -0.0651 e. The predicted molar refractivity (Wildman–Crippen MR) is 57.1 cm³/mol. The molecule has 0 fully saturated rings. The number of rotatable bonds is 7. The van der Waals surface area contributed by atoms with Gasteiger partial charge < -0.3 is 0 Å². The van der Waals surface area contributed by atoms with Gasteiger partial charge in [0, 0.05) is 0 Å². The van der Waals surface area contributed by atoms with Crippen molar-refractivity contribution >= 4 is 0 Å². The molecule has 0 aromatic heterocycles. The Morgan fingerprint density at radius 3 is 2.08 bits per heavy atom. The normalized spacial score (nSPS) is 11.5. The van der Waals surface area contributed by atoms with E-state index in [1.54, 1.807) is 0 Å². The Balaban J connectivity index is 3.17. The van der Waals surface area contributed by atoms with Crippen molar-refractivity contribution in [2.75, 3.05) is 0 Å². The van der Waals surface area contributed by atoms with E-state index < -0.39 is 0 Å². The summed E-state index contributed by atoms with van der Waals surface area (Å²) in [6.45, 7) is 9.18. The number of hydrogen-bond donors (Lipinski definition) is 0. The van der Waals surface area contributed by atoms with Crippen LogP contribution in [0.15, 0.2) is 0 Å². The van der Waals surface area contributed by atoms with Crippen LogP contribution in [0.2, 0.25) is 0 Å². The molecule has 0 aromatic carbocycles. The molecule has 0 N–H and O–H groups in total. The Kier molecular flexibility index (Phi) is 7.64. The Labute approximate surface area is 78.8 Å². The van der Waals surface area contributed by atoms with Crippen molar-refractivity contribution in [2.24, 2.45) is 11.8 Å². The molecule has 0 aliphatic carbocycles. The zero-order chi connectivity index (χ0) is 9.40. The zero-order valence-corrected chi connectivity index (χ0v) is 9.27. The second-order valence-corrected chi connectivity index (χ2v) is 4.18. The molecular formula is C12H25. The monoisotopic (exact) mass is 169 g/mol. The van der Waals surface area contributed by atoms with Crippen LogP contribution >= 0.6 is 0 Å². The molecular weight excluding hydrogens is 144 g/mol. The van der Waals surface area contributed by atoms with E-state index in [4.69, 9.17) is 0 Å². The van der Waals surface area contributed by atoms with Crippen LogP contribution < -0.4 is 0 Å². The van der Waals surface area contributed by atoms with Gasteiger partial charge in [0.25, 0.3) is 0 Å². The molecule has 0 aromatic rings. The molecule has 1 radical (unpaired) electrons. The summed E-state index contributed by atoms with van der Waals surface area (Å²) in [5.74, 6) is 1.81. The van der Waals surface area contributed by atoms with E-state index in [9.17, 15) is 0 Å². The first-order valence-corrected chi connectivity index (χ1v) is 5.52. The quantitative estimate of drug-likeness (QED) is 0.494. The first-order valence-electron chi connectivity index (χ1n) is 5.52. The zero-order valence-electron chi connectivity index (χ0n) is 9.27. The molecule has 0 nitrogen and oxygen atoms in total. The second kappa shape index (κ2) is 7.64. The minimum absolute atomic E-state index is 0.840. The summed E-state index contributed by atoms with van der Waals surface area (Å²) in [6, 6.07) is 0. The van der Waals surface area contributed by atoms with Gasteiger partial charge in [-0.1, -0.05) is 47.0 Å². The van der Waals surface area contributed by atoms with E-state index in [-0.39, 0.29) is 0 Å². The average Bonchev–Trinajstić information content (AvgIpc) is 2.04. The largest absolute Gasteiger partial charge is 0.0651 e. The van der Waals surface area contributed by atoms with E-state index in [0.29, 0.717) is 0 Å². The van der Waals surface area contributed by atoms with Crippen LogP contribution in [-0.2, 0) is 0 Å². The maximum Gasteiger partial charge on any atom is -0.0383 e. The third kappa shape index (κ3) is 6.69. The van der Waals surface area contributed by atoms with Gasteiger partial charge in [-0.25, -0.2) is 0 Å². The van der Waals surface area contributed by atoms with Gasteiger partial charge in [-0.2, -0.15) is 0 Å². The van der Waals surface area contributed by atoms with Crippen molar-refractivity contribution in [3.63, 3.8) is 0 Å². The summed E-state index contributed by atoms with van der Waals surface area (Å²) in [4.78, 5) is 0. The third-order valence-electron chi connectivity index (χ3n) is 2.57. The van der Waals surface area contributed by atoms with Gasteiger partial charge in [-0.15, -0.1) is 0 Å². The van der Waals surface area contributed by atoms with Crippen molar-refractivity contribution in [3.05, 3.63) is 6.42 Å². The summed E-state index contributed by atoms with van der Waals surface area (Å²) in [5, 5.41) is 0. The third-order valence-corrected chi connectivity index (χ3v) is 2.57. The Morgan fingerprint density at radius 1 is 1.08 bits per heavy atom. The maximum atomic E-state index is 2.46. The molecule has 12 heavy (non-hydrogen) atoms. The van der Waals surface area contributed by atoms with Crippen LogP contribution in [0.5, 0.6) is 0 Å². The lowest BCUT2D eigenvalue weighted by molar-refractivity contribution is 0.447. The summed E-state index contributed by atoms with van der Waals surface area (Å²) < 4.78 is 0. The topological polar surface area (TPSA) is 0 Å². The fourth-order valence-corrected chi connectivity index (χ4v) is 1.50. The molecule has 0 atom stereocenters. The van der Waals surface area contributed by atoms with Crippen LogP contribution in [0.25, 0.3) is 0 Å². The SMILES string of the molecule is CCC(CC)CC[CH]CC(C)C. The Hall–Kier alpha value is 0. The predicted octanol–water partition coefficient (Wildman–Crippen LogP) is 4.45. The molecule has 73 valence electrons. The first-order chi connectivity index (χ1) is 5.70. The first kappa shape index (κ1) is 12.0. The van der Waals surface area contributed by atoms with E-state index in [1.807, 2.05) is 0 Å². The molecule has 0 aliphatic heterocycles. The van der Waals surface area contributed by atoms with Crippen LogP contribution in [0.1, 0.15) is 59.8 Å². The highest BCUT2D eigenvalue weighted by Crippen LogP contribution is 2.17. The summed E-state index contributed by atoms with van der Waals surface area (Å²) >= 11 is 0. The highest BCUT2D eigenvalue weighted by Gasteiger charge is 2.02. The Morgan fingerprint density at radius 2 is 1.67 bits per heavy atom. The minimum atomic E-state index is 0.840. The van der Waals surface area contributed by atoms with E-state index in [0.717, 1.165) is 11.8 Å². The molecule has 0 saturated carbocycles. The fraction of sp³-hybridized carbons (Fsp3) is 0.917. The summed E-state index contributed by atoms with van der Waals surface area (Å²) in [6.07, 6.45) is 9.19. The van der Waals surface area contributed by atoms with Crippen molar-refractivity contribution in [1.82, 2.24) is 0 Å². The van der Waals surface area contributed by atoms with Gasteiger partial charge >= 0.3 is 0 Å². The smallest absolute Gasteiger partial charge is 0.0383 e. The lowest BCUT2D eigenvalue weighted by Gasteiger charge is -2.11. The van der Waals surface area contributed by atoms with Crippen molar-refractivity contribution in [1.29, 1.82) is 0 Å². The van der Waals surface area contributed by atoms with Crippen LogP contribution in [0, 0.1) is 18.3 Å². The lowest BCUT2D eigenvalue weighted by atomic mass is 9.95. The lowest BCUT2D eigenvalue weighted by Crippen LogP contribution is -1.97. The van der Waals surface area contributed by atoms with Crippen LogP contribution in [0.4, 0.5) is 0 Å². The van der Waals surface area contributed by atoms with Gasteiger partial charge in [0.15, 0.2) is 0 Å². The highest BCUT2D eigenvalue weighted by molar-refractivity contribution is 4.68. The van der Waals surface area contributed by atoms with Crippen molar-refractivity contribution < 1.29 is 0 Å². The van der Waals surface area contributed by atoms with Crippen molar-refractivity contribution in [2.45, 2.75) is 59.8 Å². The molecule has 0 heteroatoms. The fourth-order valence-electron chi connectivity index (χ4n) is 1.50. The second-order valence-electron chi connectivity index (χ2n) is 4.18. The molecule has 0 amide bonds. The van der Waals surface area contributed by atoms with Gasteiger partial charge in [-0.3, -0.25) is 0 Å². The average molecular weight is 169 g/mol. The number of unbranched alkanes of at least 4 members (excludes halogenated alkanes) is 1. The van der Waals surface area contributed by atoms with E-state index in [2.05, 4.69) is 34.1 Å². The van der Waals surface area contributed by atoms with E-state index >= 15 is 0 Å². The van der Waals surface area contributed by atoms with Gasteiger partial charge in [0.1, 0.15) is 0 Å². The Bertz CT molecular complexity index is 80.0. The molecule has 0 heterocycles. The van der Waals surface area contributed by atoms with Gasteiger partial charge in [0.05, 0.1) is 0 Å². The van der Waals surface area contributed by atoms with Crippen LogP contribution in [-0.4, -0.2) is 0 Å². The summed E-state index contributed by atoms with van der Waals surface area (Å²) in [7, 11) is 0. The standard InChI is InChI=1S/C12H25/c1-5-12(6-2)10-8-7-9-11(3)4/h7,11-12H,5-6,8-10H2,1-4H3. The maximum absolute atomic E-state index is 2.46. The van der Waals surface area contributed by atoms with Crippen LogP contribution in [0.3, 0.4) is 0 Å². The molecule has 0 saturated heterocycles. The number of hydrogen-bond acceptors (Lipinski definition) is 0. The molecule has 0 unspecified atom stereocenters. The summed E-state index contributed by atoms with van der Waals surface area (Å²) in [5.41, 5.74) is 0. The molecule has 0 aliphatic rings. The highest BCUT2D eigenvalue weighted by atomic mass is 14.1. The molecule has 0 spiro atoms. The van der Waals surface area contributed by atoms with E-state index in [1.165, 1.54) is 32.1 Å². The van der Waals surface area contributed by atoms with Gasteiger partial charge in [-0.05, 0) is 31.1 Å². The molecule has 0 rings (SSSR count). The molecule has 0 bridgehead atoms. The van der Waals surface area contributed by atoms with Crippen molar-refractivity contribution in [3.8, 4) is 0 Å². The van der Waals surface area contributed by atoms with Gasteiger partial charge in [0.2, 0.25) is 0 Å².